The Kier molecular flexibility index (Phi) is 5.49. The van der Waals surface area contributed by atoms with E-state index in [0.29, 0.717) is 18.2 Å². The van der Waals surface area contributed by atoms with Crippen LogP contribution < -0.4 is 5.32 Å². The molecule has 1 N–H and O–H groups in total. The molecule has 1 aliphatic heterocycles. The Hall–Kier alpha value is -0.0800. The smallest absolute Gasteiger partial charge is 0.0579 e. The molecule has 3 atom stereocenters. The van der Waals surface area contributed by atoms with E-state index in [2.05, 4.69) is 26.1 Å². The van der Waals surface area contributed by atoms with E-state index in [9.17, 15) is 0 Å². The summed E-state index contributed by atoms with van der Waals surface area (Å²) < 4.78 is 5.78. The van der Waals surface area contributed by atoms with E-state index >= 15 is 0 Å². The van der Waals surface area contributed by atoms with Gasteiger partial charge < -0.3 is 10.1 Å². The minimum Gasteiger partial charge on any atom is -0.375 e. The molecule has 2 heteroatoms. The van der Waals surface area contributed by atoms with Crippen LogP contribution in [0.1, 0.15) is 52.9 Å². The standard InChI is InChI=1S/C12H25NO/c1-4-13-10(2)6-5-7-12-9-8-11(3)14-12/h10-13H,4-9H2,1-3H3. The van der Waals surface area contributed by atoms with Crippen LogP contribution >= 0.6 is 0 Å². The molecule has 14 heavy (non-hydrogen) atoms. The summed E-state index contributed by atoms with van der Waals surface area (Å²) in [4.78, 5) is 0. The van der Waals surface area contributed by atoms with E-state index in [0.717, 1.165) is 6.54 Å². The average molecular weight is 199 g/mol. The normalized spacial score (nSPS) is 29.4. The van der Waals surface area contributed by atoms with Crippen LogP contribution in [0.4, 0.5) is 0 Å². The molecule has 0 bridgehead atoms. The highest BCUT2D eigenvalue weighted by Gasteiger charge is 2.20. The lowest BCUT2D eigenvalue weighted by atomic mass is 10.1. The maximum Gasteiger partial charge on any atom is 0.0579 e. The predicted octanol–water partition coefficient (Wildman–Crippen LogP) is 2.72. The number of ether oxygens (including phenoxy) is 1. The second-order valence-electron chi connectivity index (χ2n) is 4.54. The van der Waals surface area contributed by atoms with Crippen molar-refractivity contribution in [2.75, 3.05) is 6.54 Å². The summed E-state index contributed by atoms with van der Waals surface area (Å²) in [5.41, 5.74) is 0. The highest BCUT2D eigenvalue weighted by molar-refractivity contribution is 4.71. The number of hydrogen-bond donors (Lipinski definition) is 1. The van der Waals surface area contributed by atoms with Gasteiger partial charge in [-0.05, 0) is 52.5 Å². The minimum atomic E-state index is 0.506. The van der Waals surface area contributed by atoms with E-state index in [1.165, 1.54) is 32.1 Å². The molecule has 3 unspecified atom stereocenters. The maximum absolute atomic E-state index is 5.78. The van der Waals surface area contributed by atoms with E-state index < -0.39 is 0 Å². The molecule has 1 fully saturated rings. The molecule has 0 aromatic rings. The summed E-state index contributed by atoms with van der Waals surface area (Å²) in [6.45, 7) is 7.69. The van der Waals surface area contributed by atoms with Crippen LogP contribution in [0.5, 0.6) is 0 Å². The highest BCUT2D eigenvalue weighted by Crippen LogP contribution is 2.23. The molecule has 0 aromatic heterocycles. The van der Waals surface area contributed by atoms with Crippen LogP contribution in [0, 0.1) is 0 Å². The van der Waals surface area contributed by atoms with Crippen molar-refractivity contribution in [1.82, 2.24) is 5.32 Å². The van der Waals surface area contributed by atoms with Crippen molar-refractivity contribution >= 4 is 0 Å². The van der Waals surface area contributed by atoms with Gasteiger partial charge in [-0.2, -0.15) is 0 Å². The molecule has 0 aromatic carbocycles. The van der Waals surface area contributed by atoms with Crippen LogP contribution in [0.3, 0.4) is 0 Å². The third-order valence-electron chi connectivity index (χ3n) is 3.04. The molecule has 1 aliphatic rings. The first-order valence-corrected chi connectivity index (χ1v) is 6.11. The molecule has 1 rings (SSSR count). The molecular weight excluding hydrogens is 174 g/mol. The van der Waals surface area contributed by atoms with Gasteiger partial charge in [0, 0.05) is 6.04 Å². The van der Waals surface area contributed by atoms with Crippen molar-refractivity contribution in [1.29, 1.82) is 0 Å². The van der Waals surface area contributed by atoms with Crippen LogP contribution in [-0.2, 0) is 4.74 Å². The SMILES string of the molecule is CCNC(C)CCCC1CCC(C)O1. The van der Waals surface area contributed by atoms with Gasteiger partial charge in [-0.3, -0.25) is 0 Å². The van der Waals surface area contributed by atoms with Crippen molar-refractivity contribution in [2.45, 2.75) is 71.1 Å². The average Bonchev–Trinajstić information content (AvgIpc) is 2.52. The fourth-order valence-electron chi connectivity index (χ4n) is 2.20. The second kappa shape index (κ2) is 6.41. The summed E-state index contributed by atoms with van der Waals surface area (Å²) >= 11 is 0. The van der Waals surface area contributed by atoms with Gasteiger partial charge in [-0.1, -0.05) is 6.92 Å². The molecule has 0 radical (unpaired) electrons. The van der Waals surface area contributed by atoms with Crippen molar-refractivity contribution in [3.8, 4) is 0 Å². The Labute approximate surface area is 88.4 Å². The molecule has 1 heterocycles. The summed E-state index contributed by atoms with van der Waals surface area (Å²) in [7, 11) is 0. The molecule has 2 nitrogen and oxygen atoms in total. The molecule has 0 spiro atoms. The highest BCUT2D eigenvalue weighted by atomic mass is 16.5. The summed E-state index contributed by atoms with van der Waals surface area (Å²) in [6, 6.07) is 0.666. The predicted molar refractivity (Wildman–Crippen MR) is 60.6 cm³/mol. The van der Waals surface area contributed by atoms with Gasteiger partial charge in [0.05, 0.1) is 12.2 Å². The fourth-order valence-corrected chi connectivity index (χ4v) is 2.20. The first-order chi connectivity index (χ1) is 6.72. The van der Waals surface area contributed by atoms with Gasteiger partial charge in [0.15, 0.2) is 0 Å². The second-order valence-corrected chi connectivity index (χ2v) is 4.54. The monoisotopic (exact) mass is 199 g/mol. The summed E-state index contributed by atoms with van der Waals surface area (Å²) in [5, 5.41) is 3.44. The van der Waals surface area contributed by atoms with Gasteiger partial charge in [-0.25, -0.2) is 0 Å². The number of rotatable bonds is 6. The first-order valence-electron chi connectivity index (χ1n) is 6.11. The summed E-state index contributed by atoms with van der Waals surface area (Å²) in [5.74, 6) is 0. The maximum atomic E-state index is 5.78. The molecule has 0 aliphatic carbocycles. The third kappa shape index (κ3) is 4.43. The van der Waals surface area contributed by atoms with Crippen LogP contribution in [0.25, 0.3) is 0 Å². The number of hydrogen-bond acceptors (Lipinski definition) is 2. The lowest BCUT2D eigenvalue weighted by Gasteiger charge is -2.14. The van der Waals surface area contributed by atoms with Gasteiger partial charge in [0.2, 0.25) is 0 Å². The largest absolute Gasteiger partial charge is 0.375 e. The molecule has 0 saturated carbocycles. The van der Waals surface area contributed by atoms with Gasteiger partial charge in [0.25, 0.3) is 0 Å². The van der Waals surface area contributed by atoms with Gasteiger partial charge >= 0.3 is 0 Å². The third-order valence-corrected chi connectivity index (χ3v) is 3.04. The van der Waals surface area contributed by atoms with Crippen molar-refractivity contribution < 1.29 is 4.74 Å². The molecule has 84 valence electrons. The van der Waals surface area contributed by atoms with Crippen LogP contribution in [0.2, 0.25) is 0 Å². The van der Waals surface area contributed by atoms with Crippen LogP contribution in [-0.4, -0.2) is 24.8 Å². The Morgan fingerprint density at radius 3 is 2.79 bits per heavy atom. The van der Waals surface area contributed by atoms with Gasteiger partial charge in [0.1, 0.15) is 0 Å². The van der Waals surface area contributed by atoms with Crippen molar-refractivity contribution in [3.05, 3.63) is 0 Å². The van der Waals surface area contributed by atoms with E-state index in [1.807, 2.05) is 0 Å². The zero-order valence-corrected chi connectivity index (χ0v) is 9.88. The lowest BCUT2D eigenvalue weighted by Crippen LogP contribution is -2.25. The summed E-state index contributed by atoms with van der Waals surface area (Å²) in [6.07, 6.45) is 7.42. The Balaban J connectivity index is 1.98. The fraction of sp³-hybridized carbons (Fsp3) is 1.00. The molecule has 1 saturated heterocycles. The zero-order valence-electron chi connectivity index (χ0n) is 9.88. The minimum absolute atomic E-state index is 0.506. The molecule has 0 amide bonds. The van der Waals surface area contributed by atoms with Crippen molar-refractivity contribution in [2.24, 2.45) is 0 Å². The van der Waals surface area contributed by atoms with Gasteiger partial charge in [-0.15, -0.1) is 0 Å². The van der Waals surface area contributed by atoms with E-state index in [-0.39, 0.29) is 0 Å². The van der Waals surface area contributed by atoms with E-state index in [1.54, 1.807) is 0 Å². The van der Waals surface area contributed by atoms with E-state index in [4.69, 9.17) is 4.74 Å². The molecular formula is C12H25NO. The Morgan fingerprint density at radius 2 is 2.21 bits per heavy atom. The first kappa shape index (κ1) is 12.0. The zero-order chi connectivity index (χ0) is 10.4. The number of nitrogens with one attached hydrogen (secondary N) is 1. The van der Waals surface area contributed by atoms with Crippen LogP contribution in [0.15, 0.2) is 0 Å². The lowest BCUT2D eigenvalue weighted by molar-refractivity contribution is 0.0492. The Morgan fingerprint density at radius 1 is 1.43 bits per heavy atom. The topological polar surface area (TPSA) is 21.3 Å². The quantitative estimate of drug-likeness (QED) is 0.710. The Bertz CT molecular complexity index is 149. The van der Waals surface area contributed by atoms with Crippen molar-refractivity contribution in [3.63, 3.8) is 0 Å².